The van der Waals surface area contributed by atoms with Crippen LogP contribution in [0.4, 0.5) is 10.8 Å². The molecule has 29 heavy (non-hydrogen) atoms. The van der Waals surface area contributed by atoms with Crippen molar-refractivity contribution in [2.45, 2.75) is 13.8 Å². The van der Waals surface area contributed by atoms with Gasteiger partial charge in [0, 0.05) is 30.8 Å². The fourth-order valence-electron chi connectivity index (χ4n) is 2.92. The number of fused-ring (bicyclic) bond motifs is 1. The topological polar surface area (TPSA) is 79.6 Å². The maximum Gasteiger partial charge on any atom is 0.269 e. The maximum atomic E-state index is 13.2. The van der Waals surface area contributed by atoms with Gasteiger partial charge >= 0.3 is 0 Å². The van der Waals surface area contributed by atoms with Gasteiger partial charge in [0.05, 0.1) is 15.1 Å². The SMILES string of the molecule is CCN(CC)CCN(C(=O)c1ccc([N+](=O)[O-])cc1)c1nc2ccccc2s1.Cl. The monoisotopic (exact) mass is 434 g/mol. The molecule has 0 saturated carbocycles. The Bertz CT molecular complexity index is 940. The number of non-ortho nitro benzene ring substituents is 1. The van der Waals surface area contributed by atoms with E-state index in [0.29, 0.717) is 17.2 Å². The number of carbonyl (C=O) groups excluding carboxylic acids is 1. The zero-order chi connectivity index (χ0) is 20.1. The number of halogens is 1. The molecular weight excluding hydrogens is 412 g/mol. The molecule has 0 atom stereocenters. The third-order valence-corrected chi connectivity index (χ3v) is 5.68. The number of nitrogens with zero attached hydrogens (tertiary/aromatic N) is 4. The van der Waals surface area contributed by atoms with Crippen LogP contribution in [-0.4, -0.2) is 46.9 Å². The number of likely N-dealkylation sites (N-methyl/N-ethyl adjacent to an activating group) is 1. The van der Waals surface area contributed by atoms with E-state index in [0.717, 1.165) is 29.9 Å². The zero-order valence-corrected chi connectivity index (χ0v) is 17.9. The lowest BCUT2D eigenvalue weighted by Gasteiger charge is -2.24. The van der Waals surface area contributed by atoms with Crippen LogP contribution in [0.5, 0.6) is 0 Å². The van der Waals surface area contributed by atoms with Crippen molar-refractivity contribution >= 4 is 50.7 Å². The first-order valence-electron chi connectivity index (χ1n) is 9.17. The predicted octanol–water partition coefficient (Wildman–Crippen LogP) is 4.61. The number of rotatable bonds is 8. The molecule has 0 radical (unpaired) electrons. The Kier molecular flexibility index (Phi) is 8.07. The molecule has 154 valence electrons. The molecular formula is C20H23ClN4O3S. The van der Waals surface area contributed by atoms with E-state index in [2.05, 4.69) is 23.7 Å². The highest BCUT2D eigenvalue weighted by Gasteiger charge is 2.22. The van der Waals surface area contributed by atoms with E-state index in [9.17, 15) is 14.9 Å². The first-order chi connectivity index (χ1) is 13.5. The summed E-state index contributed by atoms with van der Waals surface area (Å²) in [6.45, 7) is 7.19. The highest BCUT2D eigenvalue weighted by Crippen LogP contribution is 2.29. The van der Waals surface area contributed by atoms with Gasteiger partial charge in [-0.25, -0.2) is 4.98 Å². The van der Waals surface area contributed by atoms with Crippen LogP contribution in [0.15, 0.2) is 48.5 Å². The normalized spacial score (nSPS) is 10.7. The molecule has 9 heteroatoms. The van der Waals surface area contributed by atoms with Gasteiger partial charge in [0.1, 0.15) is 0 Å². The number of aromatic nitrogens is 1. The van der Waals surface area contributed by atoms with E-state index in [1.807, 2.05) is 24.3 Å². The van der Waals surface area contributed by atoms with Crippen molar-refractivity contribution < 1.29 is 9.72 Å². The minimum Gasteiger partial charge on any atom is -0.302 e. The van der Waals surface area contributed by atoms with Gasteiger partial charge in [0.25, 0.3) is 11.6 Å². The van der Waals surface area contributed by atoms with E-state index in [-0.39, 0.29) is 24.0 Å². The smallest absolute Gasteiger partial charge is 0.269 e. The number of thiazole rings is 1. The molecule has 0 aliphatic carbocycles. The van der Waals surface area contributed by atoms with Crippen molar-refractivity contribution in [2.24, 2.45) is 0 Å². The highest BCUT2D eigenvalue weighted by molar-refractivity contribution is 7.22. The van der Waals surface area contributed by atoms with E-state index in [4.69, 9.17) is 0 Å². The van der Waals surface area contributed by atoms with Crippen LogP contribution in [0, 0.1) is 10.1 Å². The summed E-state index contributed by atoms with van der Waals surface area (Å²) in [5, 5.41) is 11.5. The van der Waals surface area contributed by atoms with Gasteiger partial charge in [-0.3, -0.25) is 19.8 Å². The molecule has 0 fully saturated rings. The molecule has 2 aromatic carbocycles. The molecule has 7 nitrogen and oxygen atoms in total. The number of nitro benzene ring substituents is 1. The molecule has 0 bridgehead atoms. The molecule has 0 unspecified atom stereocenters. The number of hydrogen-bond donors (Lipinski definition) is 0. The molecule has 1 amide bonds. The van der Waals surface area contributed by atoms with Crippen LogP contribution in [0.25, 0.3) is 10.2 Å². The first-order valence-corrected chi connectivity index (χ1v) is 9.99. The summed E-state index contributed by atoms with van der Waals surface area (Å²) in [7, 11) is 0. The molecule has 3 rings (SSSR count). The van der Waals surface area contributed by atoms with Crippen LogP contribution in [-0.2, 0) is 0 Å². The van der Waals surface area contributed by atoms with Gasteiger partial charge in [-0.05, 0) is 37.4 Å². The number of hydrogen-bond acceptors (Lipinski definition) is 6. The Morgan fingerprint density at radius 2 is 1.72 bits per heavy atom. The van der Waals surface area contributed by atoms with Crippen LogP contribution in [0.2, 0.25) is 0 Å². The van der Waals surface area contributed by atoms with Gasteiger partial charge < -0.3 is 4.90 Å². The first kappa shape index (κ1) is 22.7. The lowest BCUT2D eigenvalue weighted by atomic mass is 10.2. The summed E-state index contributed by atoms with van der Waals surface area (Å²) in [5.74, 6) is -0.207. The van der Waals surface area contributed by atoms with Crippen molar-refractivity contribution in [1.82, 2.24) is 9.88 Å². The van der Waals surface area contributed by atoms with Gasteiger partial charge in [-0.15, -0.1) is 12.4 Å². The van der Waals surface area contributed by atoms with Crippen LogP contribution < -0.4 is 4.90 Å². The number of amides is 1. The average Bonchev–Trinajstić information content (AvgIpc) is 3.14. The molecule has 0 saturated heterocycles. The maximum absolute atomic E-state index is 13.2. The van der Waals surface area contributed by atoms with Crippen molar-refractivity contribution in [3.63, 3.8) is 0 Å². The quantitative estimate of drug-likeness (QED) is 0.382. The predicted molar refractivity (Wildman–Crippen MR) is 119 cm³/mol. The largest absolute Gasteiger partial charge is 0.302 e. The summed E-state index contributed by atoms with van der Waals surface area (Å²) in [5.41, 5.74) is 1.22. The molecule has 1 heterocycles. The Labute approximate surface area is 179 Å². The Balaban J connectivity index is 0.00000300. The third-order valence-electron chi connectivity index (χ3n) is 4.62. The van der Waals surface area contributed by atoms with Crippen molar-refractivity contribution in [1.29, 1.82) is 0 Å². The summed E-state index contributed by atoms with van der Waals surface area (Å²) < 4.78 is 1.02. The lowest BCUT2D eigenvalue weighted by molar-refractivity contribution is -0.384. The Hall–Kier alpha value is -2.55. The Morgan fingerprint density at radius 1 is 1.07 bits per heavy atom. The Morgan fingerprint density at radius 3 is 2.31 bits per heavy atom. The fraction of sp³-hybridized carbons (Fsp3) is 0.300. The molecule has 1 aromatic heterocycles. The minimum absolute atomic E-state index is 0. The van der Waals surface area contributed by atoms with Crippen LogP contribution in [0.1, 0.15) is 24.2 Å². The van der Waals surface area contributed by atoms with E-state index in [1.165, 1.54) is 35.6 Å². The van der Waals surface area contributed by atoms with Crippen LogP contribution >= 0.6 is 23.7 Å². The second kappa shape index (κ2) is 10.3. The highest BCUT2D eigenvalue weighted by atomic mass is 35.5. The molecule has 3 aromatic rings. The number of para-hydroxylation sites is 1. The average molecular weight is 435 g/mol. The second-order valence-electron chi connectivity index (χ2n) is 6.25. The molecule has 0 aliphatic rings. The summed E-state index contributed by atoms with van der Waals surface area (Å²) >= 11 is 1.47. The van der Waals surface area contributed by atoms with Gasteiger partial charge in [-0.2, -0.15) is 0 Å². The van der Waals surface area contributed by atoms with Crippen molar-refractivity contribution in [3.8, 4) is 0 Å². The van der Waals surface area contributed by atoms with Gasteiger partial charge in [0.2, 0.25) is 0 Å². The fourth-order valence-corrected chi connectivity index (χ4v) is 3.91. The zero-order valence-electron chi connectivity index (χ0n) is 16.3. The summed E-state index contributed by atoms with van der Waals surface area (Å²) in [6.07, 6.45) is 0. The summed E-state index contributed by atoms with van der Waals surface area (Å²) in [6, 6.07) is 13.5. The van der Waals surface area contributed by atoms with E-state index < -0.39 is 4.92 Å². The molecule has 0 N–H and O–H groups in total. The van der Waals surface area contributed by atoms with Gasteiger partial charge in [0.15, 0.2) is 5.13 Å². The standard InChI is InChI=1S/C20H22N4O3S.ClH/c1-3-22(4-2)13-14-23(20-21-17-7-5-6-8-18(17)28-20)19(25)15-9-11-16(12-10-15)24(26)27;/h5-12H,3-4,13-14H2,1-2H3;1H. The minimum atomic E-state index is -0.472. The van der Waals surface area contributed by atoms with Gasteiger partial charge in [-0.1, -0.05) is 37.3 Å². The van der Waals surface area contributed by atoms with Crippen molar-refractivity contribution in [3.05, 3.63) is 64.2 Å². The van der Waals surface area contributed by atoms with Crippen molar-refractivity contribution in [2.75, 3.05) is 31.1 Å². The summed E-state index contributed by atoms with van der Waals surface area (Å²) in [4.78, 5) is 32.1. The number of nitro groups is 1. The number of anilines is 1. The number of carbonyl (C=O) groups is 1. The van der Waals surface area contributed by atoms with Crippen LogP contribution in [0.3, 0.4) is 0 Å². The third kappa shape index (κ3) is 5.29. The lowest BCUT2D eigenvalue weighted by Crippen LogP contribution is -2.38. The number of benzene rings is 2. The molecule has 0 spiro atoms. The van der Waals surface area contributed by atoms with E-state index in [1.54, 1.807) is 4.90 Å². The second-order valence-corrected chi connectivity index (χ2v) is 7.26. The molecule has 0 aliphatic heterocycles. The van der Waals surface area contributed by atoms with E-state index >= 15 is 0 Å².